The first kappa shape index (κ1) is 33.5. The molecule has 0 aromatic rings. The number of aliphatic hydroxyl groups excluding tert-OH is 1. The Kier molecular flexibility index (Phi) is 12.9. The average molecular weight is 561 g/mol. The lowest BCUT2D eigenvalue weighted by molar-refractivity contribution is -0.0573. The summed E-state index contributed by atoms with van der Waals surface area (Å²) in [6.07, 6.45) is 22.9. The highest BCUT2D eigenvalue weighted by Crippen LogP contribution is 2.67. The van der Waals surface area contributed by atoms with Gasteiger partial charge in [0.25, 0.3) is 0 Å². The normalized spacial score (nSPS) is 35.5. The van der Waals surface area contributed by atoms with Crippen LogP contribution in [0.5, 0.6) is 0 Å². The lowest BCUT2D eigenvalue weighted by atomic mass is 9.47. The van der Waals surface area contributed by atoms with Crippen molar-refractivity contribution in [2.75, 3.05) is 6.61 Å². The van der Waals surface area contributed by atoms with Crippen LogP contribution in [0.25, 0.3) is 0 Å². The second kappa shape index (κ2) is 15.4. The first-order valence-electron chi connectivity index (χ1n) is 17.3. The van der Waals surface area contributed by atoms with Crippen LogP contribution in [0.4, 0.5) is 4.79 Å². The molecule has 0 heterocycles. The Morgan fingerprint density at radius 2 is 1.68 bits per heavy atom. The predicted octanol–water partition coefficient (Wildman–Crippen LogP) is 10.4. The van der Waals surface area contributed by atoms with Crippen molar-refractivity contribution in [1.82, 2.24) is 0 Å². The van der Waals surface area contributed by atoms with Crippen molar-refractivity contribution < 1.29 is 19.7 Å². The Hall–Kier alpha value is -1.03. The van der Waals surface area contributed by atoms with E-state index in [0.717, 1.165) is 61.2 Å². The van der Waals surface area contributed by atoms with Gasteiger partial charge in [0.2, 0.25) is 0 Å². The van der Waals surface area contributed by atoms with E-state index in [2.05, 4.69) is 52.4 Å². The van der Waals surface area contributed by atoms with E-state index in [4.69, 9.17) is 5.11 Å². The zero-order chi connectivity index (χ0) is 29.3. The maximum absolute atomic E-state index is 10.2. The highest BCUT2D eigenvalue weighted by molar-refractivity contribution is 5.56. The number of hydrogen-bond donors (Lipinski definition) is 2. The molecule has 3 saturated carbocycles. The first-order valence-corrected chi connectivity index (χ1v) is 17.3. The summed E-state index contributed by atoms with van der Waals surface area (Å²) in [6.45, 7) is 15.1. The topological polar surface area (TPSA) is 66.8 Å². The number of ether oxygens (including phenoxy) is 1. The van der Waals surface area contributed by atoms with Crippen LogP contribution in [0.15, 0.2) is 11.6 Å². The lowest BCUT2D eigenvalue weighted by Gasteiger charge is -2.58. The second-order valence-electron chi connectivity index (χ2n) is 15.1. The van der Waals surface area contributed by atoms with Crippen LogP contribution in [0.2, 0.25) is 0 Å². The molecule has 0 spiro atoms. The summed E-state index contributed by atoms with van der Waals surface area (Å²) in [4.78, 5) is 9.91. The highest BCUT2D eigenvalue weighted by Gasteiger charge is 2.59. The van der Waals surface area contributed by atoms with Crippen molar-refractivity contribution in [3.8, 4) is 0 Å². The molecule has 4 rings (SSSR count). The summed E-state index contributed by atoms with van der Waals surface area (Å²) in [5.41, 5.74) is 2.60. The monoisotopic (exact) mass is 560 g/mol. The largest absolute Gasteiger partial charge is 0.505 e. The number of rotatable bonds is 12. The van der Waals surface area contributed by atoms with Crippen LogP contribution >= 0.6 is 0 Å². The SMILES string of the molecule is CC(C)CCC[C@@H](C)[C@H]1CC[C@H]2[C@@H]3CC=C4C[C@@H](O)CC[C@]4(C)[C@H]3CC[C@]12C.CCCCCCCCOC(=O)O. The number of carboxylic acid groups (broad SMARTS) is 1. The van der Waals surface area contributed by atoms with Gasteiger partial charge < -0.3 is 14.9 Å². The minimum atomic E-state index is -1.16. The van der Waals surface area contributed by atoms with Gasteiger partial charge in [-0.05, 0) is 104 Å². The summed E-state index contributed by atoms with van der Waals surface area (Å²) < 4.78 is 4.37. The Morgan fingerprint density at radius 3 is 2.38 bits per heavy atom. The van der Waals surface area contributed by atoms with E-state index in [1.165, 1.54) is 83.5 Å². The minimum Gasteiger partial charge on any atom is -0.450 e. The van der Waals surface area contributed by atoms with E-state index in [0.29, 0.717) is 17.4 Å². The molecule has 0 saturated heterocycles. The maximum atomic E-state index is 10.2. The van der Waals surface area contributed by atoms with E-state index in [1.54, 1.807) is 5.57 Å². The zero-order valence-corrected chi connectivity index (χ0v) is 27.1. The maximum Gasteiger partial charge on any atom is 0.505 e. The molecule has 0 unspecified atom stereocenters. The molecule has 0 radical (unpaired) electrons. The molecule has 8 atom stereocenters. The fourth-order valence-electron chi connectivity index (χ4n) is 9.71. The third-order valence-corrected chi connectivity index (χ3v) is 12.0. The van der Waals surface area contributed by atoms with Gasteiger partial charge >= 0.3 is 6.16 Å². The van der Waals surface area contributed by atoms with E-state index < -0.39 is 6.16 Å². The predicted molar refractivity (Wildman–Crippen MR) is 166 cm³/mol. The molecule has 0 amide bonds. The van der Waals surface area contributed by atoms with Gasteiger partial charge in [0.15, 0.2) is 0 Å². The van der Waals surface area contributed by atoms with Crippen LogP contribution in [-0.4, -0.2) is 29.1 Å². The standard InChI is InChI=1S/C27H46O.C9H18O3/c1-18(2)7-6-8-19(3)23-11-12-24-22-10-9-20-17-21(28)13-15-26(20,4)25(22)14-16-27(23,24)5;1-2-3-4-5-6-7-8-12-9(10)11/h9,18-19,21-25,28H,6-8,10-17H2,1-5H3;2-8H2,1H3,(H,10,11)/t19-,21+,22+,23-,24+,25+,26+,27-;/m1./s1. The molecule has 4 aliphatic carbocycles. The molecule has 3 fully saturated rings. The fraction of sp³-hybridized carbons (Fsp3) is 0.917. The molecule has 0 bridgehead atoms. The zero-order valence-electron chi connectivity index (χ0n) is 27.1. The van der Waals surface area contributed by atoms with Crippen LogP contribution in [0.1, 0.15) is 151 Å². The molecule has 2 N–H and O–H groups in total. The molecule has 4 heteroatoms. The van der Waals surface area contributed by atoms with E-state index in [9.17, 15) is 9.90 Å². The molecule has 0 aromatic heterocycles. The Balaban J connectivity index is 0.000000312. The van der Waals surface area contributed by atoms with Crippen LogP contribution < -0.4 is 0 Å². The average Bonchev–Trinajstić information content (AvgIpc) is 3.26. The summed E-state index contributed by atoms with van der Waals surface area (Å²) in [5, 5.41) is 18.3. The Morgan fingerprint density at radius 1 is 0.950 bits per heavy atom. The number of hydrogen-bond acceptors (Lipinski definition) is 3. The lowest BCUT2D eigenvalue weighted by Crippen LogP contribution is -2.50. The van der Waals surface area contributed by atoms with Crippen molar-refractivity contribution in [1.29, 1.82) is 0 Å². The number of carbonyl (C=O) groups is 1. The van der Waals surface area contributed by atoms with Crippen molar-refractivity contribution in [3.63, 3.8) is 0 Å². The molecular weight excluding hydrogens is 496 g/mol. The summed E-state index contributed by atoms with van der Waals surface area (Å²) >= 11 is 0. The van der Waals surface area contributed by atoms with Crippen LogP contribution in [0.3, 0.4) is 0 Å². The number of fused-ring (bicyclic) bond motifs is 5. The minimum absolute atomic E-state index is 0.0766. The van der Waals surface area contributed by atoms with E-state index in [1.807, 2.05) is 0 Å². The molecule has 4 aliphatic rings. The first-order chi connectivity index (χ1) is 19.0. The highest BCUT2D eigenvalue weighted by atomic mass is 16.7. The Labute approximate surface area is 247 Å². The third kappa shape index (κ3) is 8.29. The van der Waals surface area contributed by atoms with Crippen molar-refractivity contribution in [2.45, 2.75) is 157 Å². The molecule has 0 aliphatic heterocycles. The second-order valence-corrected chi connectivity index (χ2v) is 15.1. The van der Waals surface area contributed by atoms with Crippen LogP contribution in [-0.2, 0) is 4.74 Å². The van der Waals surface area contributed by atoms with Gasteiger partial charge in [0.1, 0.15) is 0 Å². The molecule has 40 heavy (non-hydrogen) atoms. The van der Waals surface area contributed by atoms with Crippen molar-refractivity contribution in [3.05, 3.63) is 11.6 Å². The van der Waals surface area contributed by atoms with Gasteiger partial charge in [-0.15, -0.1) is 0 Å². The summed E-state index contributed by atoms with van der Waals surface area (Å²) in [6, 6.07) is 0. The fourth-order valence-corrected chi connectivity index (χ4v) is 9.71. The number of aliphatic hydroxyl groups is 1. The van der Waals surface area contributed by atoms with Gasteiger partial charge in [-0.3, -0.25) is 0 Å². The van der Waals surface area contributed by atoms with E-state index in [-0.39, 0.29) is 6.10 Å². The van der Waals surface area contributed by atoms with Gasteiger partial charge in [-0.1, -0.05) is 105 Å². The number of allylic oxidation sites excluding steroid dienone is 1. The van der Waals surface area contributed by atoms with Gasteiger partial charge in [0.05, 0.1) is 12.7 Å². The van der Waals surface area contributed by atoms with Gasteiger partial charge in [-0.2, -0.15) is 0 Å². The quantitative estimate of drug-likeness (QED) is 0.141. The van der Waals surface area contributed by atoms with Crippen molar-refractivity contribution in [2.24, 2.45) is 46.3 Å². The van der Waals surface area contributed by atoms with Gasteiger partial charge in [-0.25, -0.2) is 4.79 Å². The summed E-state index contributed by atoms with van der Waals surface area (Å²) in [7, 11) is 0. The van der Waals surface area contributed by atoms with Gasteiger partial charge in [0, 0.05) is 0 Å². The molecular formula is C36H64O4. The molecule has 0 aromatic carbocycles. The smallest absolute Gasteiger partial charge is 0.450 e. The Bertz CT molecular complexity index is 805. The van der Waals surface area contributed by atoms with Crippen LogP contribution in [0, 0.1) is 46.3 Å². The third-order valence-electron chi connectivity index (χ3n) is 12.0. The van der Waals surface area contributed by atoms with E-state index >= 15 is 0 Å². The van der Waals surface area contributed by atoms with Crippen molar-refractivity contribution >= 4 is 6.16 Å². The summed E-state index contributed by atoms with van der Waals surface area (Å²) in [5.74, 6) is 5.46. The molecule has 232 valence electrons. The number of unbranched alkanes of at least 4 members (excludes halogenated alkanes) is 5. The molecule has 4 nitrogen and oxygen atoms in total.